The van der Waals surface area contributed by atoms with Gasteiger partial charge in [-0.15, -0.1) is 45.3 Å². The number of rotatable bonds is 20. The van der Waals surface area contributed by atoms with Crippen LogP contribution in [-0.4, -0.2) is 0 Å². The molecule has 0 unspecified atom stereocenters. The predicted octanol–water partition coefficient (Wildman–Crippen LogP) is 17.2. The van der Waals surface area contributed by atoms with E-state index < -0.39 is 0 Å². The Hall–Kier alpha value is -2.50. The average molecular weight is 735 g/mol. The number of fused-ring (bicyclic) bond motifs is 7. The molecule has 0 N–H and O–H groups in total. The number of benzene rings is 3. The fraction of sp³-hybridized carbons (Fsp3) is 0.435. The molecule has 7 rings (SSSR count). The van der Waals surface area contributed by atoms with Gasteiger partial charge in [0.05, 0.1) is 0 Å². The third-order valence-electron chi connectivity index (χ3n) is 10.6. The first-order valence-electron chi connectivity index (χ1n) is 19.7. The first-order valence-corrected chi connectivity index (χ1v) is 23.1. The van der Waals surface area contributed by atoms with Gasteiger partial charge in [-0.25, -0.2) is 0 Å². The molecular formula is C46H54S4. The highest BCUT2D eigenvalue weighted by atomic mass is 32.1. The second-order valence-corrected chi connectivity index (χ2v) is 18.5. The summed E-state index contributed by atoms with van der Waals surface area (Å²) in [7, 11) is 0. The van der Waals surface area contributed by atoms with Crippen molar-refractivity contribution in [1.29, 1.82) is 0 Å². The molecule has 0 amide bonds. The van der Waals surface area contributed by atoms with Crippen LogP contribution < -0.4 is 0 Å². The highest BCUT2D eigenvalue weighted by Crippen LogP contribution is 2.44. The van der Waals surface area contributed by atoms with E-state index in [1.165, 1.54) is 188 Å². The fourth-order valence-corrected chi connectivity index (χ4v) is 11.9. The Morgan fingerprint density at radius 3 is 1.14 bits per heavy atom. The molecule has 0 bridgehead atoms. The molecule has 50 heavy (non-hydrogen) atoms. The lowest BCUT2D eigenvalue weighted by atomic mass is 9.98. The summed E-state index contributed by atoms with van der Waals surface area (Å²) >= 11 is 7.76. The lowest BCUT2D eigenvalue weighted by Crippen LogP contribution is -1.84. The van der Waals surface area contributed by atoms with Gasteiger partial charge < -0.3 is 0 Å². The van der Waals surface area contributed by atoms with Gasteiger partial charge in [-0.3, -0.25) is 0 Å². The van der Waals surface area contributed by atoms with Gasteiger partial charge in [0.2, 0.25) is 0 Å². The molecule has 0 fully saturated rings. The Morgan fingerprint density at radius 1 is 0.360 bits per heavy atom. The van der Waals surface area contributed by atoms with Crippen LogP contribution in [0.4, 0.5) is 0 Å². The van der Waals surface area contributed by atoms with Crippen molar-refractivity contribution in [2.75, 3.05) is 0 Å². The van der Waals surface area contributed by atoms with Crippen LogP contribution in [0.1, 0.15) is 128 Å². The normalized spacial score (nSPS) is 12.0. The van der Waals surface area contributed by atoms with Crippen molar-refractivity contribution in [3.05, 3.63) is 82.6 Å². The van der Waals surface area contributed by atoms with Crippen molar-refractivity contribution in [1.82, 2.24) is 0 Å². The van der Waals surface area contributed by atoms with Gasteiger partial charge in [0.25, 0.3) is 0 Å². The van der Waals surface area contributed by atoms with Crippen molar-refractivity contribution in [2.45, 2.75) is 129 Å². The van der Waals surface area contributed by atoms with E-state index in [1.807, 2.05) is 45.3 Å². The Bertz CT molecular complexity index is 1960. The lowest BCUT2D eigenvalue weighted by molar-refractivity contribution is 0.576. The van der Waals surface area contributed by atoms with E-state index >= 15 is 0 Å². The molecule has 0 aliphatic heterocycles. The predicted molar refractivity (Wildman–Crippen MR) is 231 cm³/mol. The van der Waals surface area contributed by atoms with Crippen molar-refractivity contribution < 1.29 is 0 Å². The molecule has 0 aliphatic rings. The first kappa shape index (κ1) is 35.9. The van der Waals surface area contributed by atoms with E-state index in [0.29, 0.717) is 0 Å². The van der Waals surface area contributed by atoms with Gasteiger partial charge in [0, 0.05) is 39.7 Å². The molecule has 0 saturated heterocycles. The molecule has 4 heterocycles. The maximum absolute atomic E-state index is 2.46. The van der Waals surface area contributed by atoms with Crippen LogP contribution in [0, 0.1) is 0 Å². The first-order chi connectivity index (χ1) is 24.7. The zero-order chi connectivity index (χ0) is 34.1. The molecule has 0 spiro atoms. The maximum atomic E-state index is 2.46. The van der Waals surface area contributed by atoms with E-state index in [1.54, 1.807) is 0 Å². The minimum Gasteiger partial charge on any atom is -0.143 e. The van der Waals surface area contributed by atoms with Crippen LogP contribution in [-0.2, 0) is 12.8 Å². The van der Waals surface area contributed by atoms with Gasteiger partial charge >= 0.3 is 0 Å². The van der Waals surface area contributed by atoms with E-state index in [-0.39, 0.29) is 0 Å². The molecule has 4 heteroatoms. The Morgan fingerprint density at radius 2 is 0.720 bits per heavy atom. The highest BCUT2D eigenvalue weighted by molar-refractivity contribution is 7.26. The van der Waals surface area contributed by atoms with Gasteiger partial charge in [-0.05, 0) is 106 Å². The summed E-state index contributed by atoms with van der Waals surface area (Å²) in [6, 6.07) is 24.1. The van der Waals surface area contributed by atoms with Crippen LogP contribution >= 0.6 is 45.3 Å². The van der Waals surface area contributed by atoms with Crippen LogP contribution in [0.25, 0.3) is 61.2 Å². The molecule has 262 valence electrons. The van der Waals surface area contributed by atoms with Gasteiger partial charge in [-0.1, -0.05) is 128 Å². The van der Waals surface area contributed by atoms with Crippen molar-refractivity contribution >= 4 is 87.1 Å². The van der Waals surface area contributed by atoms with E-state index in [9.17, 15) is 0 Å². The van der Waals surface area contributed by atoms with Crippen LogP contribution in [0.15, 0.2) is 71.4 Å². The summed E-state index contributed by atoms with van der Waals surface area (Å²) < 4.78 is 2.79. The molecule has 4 aromatic heterocycles. The van der Waals surface area contributed by atoms with Crippen molar-refractivity contribution in [3.63, 3.8) is 0 Å². The number of hydrogen-bond donors (Lipinski definition) is 0. The number of thiophene rings is 4. The molecule has 0 aliphatic carbocycles. The van der Waals surface area contributed by atoms with Gasteiger partial charge in [0.15, 0.2) is 0 Å². The zero-order valence-corrected chi connectivity index (χ0v) is 33.6. The molecule has 7 aromatic rings. The maximum Gasteiger partial charge on any atom is 0.0455 e. The monoisotopic (exact) mass is 734 g/mol. The second-order valence-electron chi connectivity index (χ2n) is 14.5. The Balaban J connectivity index is 1.02. The topological polar surface area (TPSA) is 0 Å². The molecule has 0 radical (unpaired) electrons. The number of aryl methyl sites for hydroxylation is 2. The van der Waals surface area contributed by atoms with Crippen LogP contribution in [0.3, 0.4) is 0 Å². The van der Waals surface area contributed by atoms with Gasteiger partial charge in [-0.2, -0.15) is 0 Å². The lowest BCUT2D eigenvalue weighted by Gasteiger charge is -2.06. The van der Waals surface area contributed by atoms with Crippen LogP contribution in [0.5, 0.6) is 0 Å². The standard InChI is InChI=1S/C46H54S4/c1-3-5-7-9-11-13-15-17-19-33-27-43(47-31-33)45-29-39-37-21-22-38-36(35(37)23-25-41(39)49-45)24-26-42-40(38)30-46(50-42)44-28-34(32-48-44)20-18-16-14-12-10-8-6-4-2/h21-32H,3-20H2,1-2H3. The third-order valence-corrected chi connectivity index (χ3v) is 15.2. The molecular weight excluding hydrogens is 681 g/mol. The average Bonchev–Trinajstić information content (AvgIpc) is 3.96. The van der Waals surface area contributed by atoms with Gasteiger partial charge in [0.1, 0.15) is 0 Å². The highest BCUT2D eigenvalue weighted by Gasteiger charge is 2.14. The fourth-order valence-electron chi connectivity index (χ4n) is 7.70. The molecule has 3 aromatic carbocycles. The summed E-state index contributed by atoms with van der Waals surface area (Å²) in [4.78, 5) is 5.68. The smallest absolute Gasteiger partial charge is 0.0455 e. The summed E-state index contributed by atoms with van der Waals surface area (Å²) in [5, 5.41) is 13.1. The zero-order valence-electron chi connectivity index (χ0n) is 30.3. The molecule has 0 nitrogen and oxygen atoms in total. The minimum absolute atomic E-state index is 1.22. The Labute approximate surface area is 316 Å². The third kappa shape index (κ3) is 8.58. The van der Waals surface area contributed by atoms with Crippen LogP contribution in [0.2, 0.25) is 0 Å². The van der Waals surface area contributed by atoms with E-state index in [4.69, 9.17) is 0 Å². The SMILES string of the molecule is CCCCCCCCCCc1csc(-c2cc3c(ccc4c3ccc3c5cc(-c6cc(CCCCCCCCCC)cs6)sc5ccc34)s2)c1. The minimum atomic E-state index is 1.22. The summed E-state index contributed by atoms with van der Waals surface area (Å²) in [6.45, 7) is 4.60. The summed E-state index contributed by atoms with van der Waals surface area (Å²) in [5.41, 5.74) is 3.04. The van der Waals surface area contributed by atoms with Crippen molar-refractivity contribution in [3.8, 4) is 19.5 Å². The van der Waals surface area contributed by atoms with E-state index in [2.05, 4.69) is 85.3 Å². The van der Waals surface area contributed by atoms with E-state index in [0.717, 1.165) is 0 Å². The summed E-state index contributed by atoms with van der Waals surface area (Å²) in [5.74, 6) is 0. The Kier molecular flexibility index (Phi) is 12.8. The number of unbranched alkanes of at least 4 members (excludes halogenated alkanes) is 14. The number of hydrogen-bond acceptors (Lipinski definition) is 4. The quantitative estimate of drug-likeness (QED) is 0.0540. The van der Waals surface area contributed by atoms with Crippen molar-refractivity contribution in [2.24, 2.45) is 0 Å². The second kappa shape index (κ2) is 17.8. The summed E-state index contributed by atoms with van der Waals surface area (Å²) in [6.07, 6.45) is 24.6. The molecule has 0 atom stereocenters. The largest absolute Gasteiger partial charge is 0.143 e. The molecule has 0 saturated carbocycles.